The summed E-state index contributed by atoms with van der Waals surface area (Å²) < 4.78 is 0.846. The standard InChI is InChI=1S/C14H10OS/c1-9-2-5-12-11(8-9)4-3-10-6-7-16-14(10)13(12)15/h2-8H,1H3. The highest BCUT2D eigenvalue weighted by Crippen LogP contribution is 2.20. The van der Waals surface area contributed by atoms with Crippen LogP contribution in [-0.4, -0.2) is 0 Å². The van der Waals surface area contributed by atoms with Crippen LogP contribution in [0.2, 0.25) is 0 Å². The molecule has 2 aromatic carbocycles. The van der Waals surface area contributed by atoms with Crippen molar-refractivity contribution in [3.05, 3.63) is 57.6 Å². The first-order valence-corrected chi connectivity index (χ1v) is 6.04. The van der Waals surface area contributed by atoms with Gasteiger partial charge in [0, 0.05) is 5.39 Å². The number of fused-ring (bicyclic) bond motifs is 2. The summed E-state index contributed by atoms with van der Waals surface area (Å²) in [6.07, 6.45) is 0. The molecule has 0 amide bonds. The number of thiophene rings is 1. The molecule has 2 heteroatoms. The van der Waals surface area contributed by atoms with Crippen LogP contribution >= 0.6 is 11.3 Å². The van der Waals surface area contributed by atoms with Gasteiger partial charge >= 0.3 is 0 Å². The molecule has 0 saturated heterocycles. The van der Waals surface area contributed by atoms with Crippen LogP contribution in [0.5, 0.6) is 0 Å². The Kier molecular flexibility index (Phi) is 2.04. The molecular formula is C14H10OS. The fraction of sp³-hybridized carbons (Fsp3) is 0.0714. The zero-order chi connectivity index (χ0) is 11.1. The van der Waals surface area contributed by atoms with E-state index in [9.17, 15) is 4.79 Å². The van der Waals surface area contributed by atoms with E-state index in [2.05, 4.69) is 6.07 Å². The van der Waals surface area contributed by atoms with E-state index in [1.165, 1.54) is 16.9 Å². The van der Waals surface area contributed by atoms with E-state index in [0.717, 1.165) is 20.9 Å². The van der Waals surface area contributed by atoms with Crippen molar-refractivity contribution in [2.45, 2.75) is 6.92 Å². The van der Waals surface area contributed by atoms with Crippen LogP contribution in [-0.2, 0) is 0 Å². The summed E-state index contributed by atoms with van der Waals surface area (Å²) in [5, 5.41) is 4.83. The number of benzene rings is 1. The molecule has 16 heavy (non-hydrogen) atoms. The summed E-state index contributed by atoms with van der Waals surface area (Å²) in [5.74, 6) is 0. The lowest BCUT2D eigenvalue weighted by atomic mass is 10.1. The van der Waals surface area contributed by atoms with Crippen LogP contribution in [0.15, 0.2) is 46.6 Å². The van der Waals surface area contributed by atoms with Crippen LogP contribution in [0.4, 0.5) is 0 Å². The Morgan fingerprint density at radius 3 is 2.69 bits per heavy atom. The molecule has 0 saturated carbocycles. The first-order valence-electron chi connectivity index (χ1n) is 5.16. The summed E-state index contributed by atoms with van der Waals surface area (Å²) in [4.78, 5) is 12.3. The van der Waals surface area contributed by atoms with Crippen molar-refractivity contribution in [1.29, 1.82) is 0 Å². The number of rotatable bonds is 0. The molecule has 0 aliphatic carbocycles. The number of hydrogen-bond acceptors (Lipinski definition) is 2. The van der Waals surface area contributed by atoms with Crippen molar-refractivity contribution >= 4 is 32.2 Å². The highest BCUT2D eigenvalue weighted by Gasteiger charge is 2.02. The van der Waals surface area contributed by atoms with E-state index >= 15 is 0 Å². The third kappa shape index (κ3) is 1.34. The molecule has 0 spiro atoms. The van der Waals surface area contributed by atoms with Crippen LogP contribution < -0.4 is 5.43 Å². The lowest BCUT2D eigenvalue weighted by Crippen LogP contribution is -1.95. The Hall–Kier alpha value is -1.67. The molecule has 0 aliphatic heterocycles. The Bertz CT molecular complexity index is 740. The molecule has 3 rings (SSSR count). The monoisotopic (exact) mass is 226 g/mol. The quantitative estimate of drug-likeness (QED) is 0.571. The van der Waals surface area contributed by atoms with Gasteiger partial charge in [0.2, 0.25) is 5.43 Å². The van der Waals surface area contributed by atoms with E-state index in [0.29, 0.717) is 0 Å². The van der Waals surface area contributed by atoms with Gasteiger partial charge in [-0.05, 0) is 29.1 Å². The lowest BCUT2D eigenvalue weighted by molar-refractivity contribution is 1.51. The molecule has 1 heterocycles. The fourth-order valence-electron chi connectivity index (χ4n) is 1.96. The van der Waals surface area contributed by atoms with Crippen LogP contribution in [0.1, 0.15) is 5.56 Å². The highest BCUT2D eigenvalue weighted by atomic mass is 32.1. The molecule has 1 aromatic heterocycles. The second-order valence-corrected chi connectivity index (χ2v) is 4.87. The summed E-state index contributed by atoms with van der Waals surface area (Å²) >= 11 is 1.51. The van der Waals surface area contributed by atoms with Gasteiger partial charge in [0.05, 0.1) is 4.70 Å². The Labute approximate surface area is 97.0 Å². The van der Waals surface area contributed by atoms with Gasteiger partial charge < -0.3 is 0 Å². The first-order chi connectivity index (χ1) is 7.75. The van der Waals surface area contributed by atoms with Gasteiger partial charge in [0.1, 0.15) is 0 Å². The molecular weight excluding hydrogens is 216 g/mol. The molecule has 0 bridgehead atoms. The minimum atomic E-state index is 0.144. The van der Waals surface area contributed by atoms with Crippen LogP contribution in [0.3, 0.4) is 0 Å². The highest BCUT2D eigenvalue weighted by molar-refractivity contribution is 7.17. The average Bonchev–Trinajstić information content (AvgIpc) is 2.69. The third-order valence-corrected chi connectivity index (χ3v) is 3.73. The summed E-state index contributed by atoms with van der Waals surface area (Å²) in [6.45, 7) is 2.04. The predicted molar refractivity (Wildman–Crippen MR) is 70.3 cm³/mol. The maximum Gasteiger partial charge on any atom is 0.204 e. The minimum Gasteiger partial charge on any atom is -0.288 e. The Morgan fingerprint density at radius 1 is 1.00 bits per heavy atom. The zero-order valence-corrected chi connectivity index (χ0v) is 9.67. The maximum atomic E-state index is 12.3. The van der Waals surface area contributed by atoms with Crippen LogP contribution in [0.25, 0.3) is 20.9 Å². The zero-order valence-electron chi connectivity index (χ0n) is 8.86. The fourth-order valence-corrected chi connectivity index (χ4v) is 2.80. The van der Waals surface area contributed by atoms with Crippen molar-refractivity contribution < 1.29 is 0 Å². The molecule has 0 N–H and O–H groups in total. The number of hydrogen-bond donors (Lipinski definition) is 0. The second kappa shape index (κ2) is 3.42. The van der Waals surface area contributed by atoms with Crippen molar-refractivity contribution in [3.8, 4) is 0 Å². The topological polar surface area (TPSA) is 17.1 Å². The molecule has 0 unspecified atom stereocenters. The van der Waals surface area contributed by atoms with Gasteiger partial charge in [-0.2, -0.15) is 0 Å². The third-order valence-electron chi connectivity index (χ3n) is 2.80. The van der Waals surface area contributed by atoms with E-state index in [1.54, 1.807) is 0 Å². The van der Waals surface area contributed by atoms with Crippen molar-refractivity contribution in [2.24, 2.45) is 0 Å². The molecule has 78 valence electrons. The first kappa shape index (κ1) is 9.55. The second-order valence-electron chi connectivity index (χ2n) is 3.96. The molecule has 1 nitrogen and oxygen atoms in total. The smallest absolute Gasteiger partial charge is 0.204 e. The average molecular weight is 226 g/mol. The molecule has 0 radical (unpaired) electrons. The minimum absolute atomic E-state index is 0.144. The van der Waals surface area contributed by atoms with E-state index in [4.69, 9.17) is 0 Å². The van der Waals surface area contributed by atoms with Crippen molar-refractivity contribution in [1.82, 2.24) is 0 Å². The van der Waals surface area contributed by atoms with E-state index in [1.807, 2.05) is 42.6 Å². The molecule has 3 aromatic rings. The molecule has 0 aliphatic rings. The number of aryl methyl sites for hydroxylation is 1. The molecule has 0 atom stereocenters. The maximum absolute atomic E-state index is 12.3. The summed E-state index contributed by atoms with van der Waals surface area (Å²) in [6, 6.07) is 12.0. The van der Waals surface area contributed by atoms with Crippen LogP contribution in [0, 0.1) is 6.92 Å². The van der Waals surface area contributed by atoms with Gasteiger partial charge in [0.15, 0.2) is 0 Å². The van der Waals surface area contributed by atoms with Crippen molar-refractivity contribution in [2.75, 3.05) is 0 Å². The lowest BCUT2D eigenvalue weighted by Gasteiger charge is -1.93. The Balaban J connectivity index is 2.64. The van der Waals surface area contributed by atoms with E-state index < -0.39 is 0 Å². The summed E-state index contributed by atoms with van der Waals surface area (Å²) in [7, 11) is 0. The van der Waals surface area contributed by atoms with Gasteiger partial charge in [-0.15, -0.1) is 11.3 Å². The Morgan fingerprint density at radius 2 is 1.81 bits per heavy atom. The molecule has 0 fully saturated rings. The normalized spacial score (nSPS) is 11.1. The summed E-state index contributed by atoms with van der Waals surface area (Å²) in [5.41, 5.74) is 1.33. The van der Waals surface area contributed by atoms with Gasteiger partial charge in [-0.1, -0.05) is 35.9 Å². The van der Waals surface area contributed by atoms with Gasteiger partial charge in [0.25, 0.3) is 0 Å². The van der Waals surface area contributed by atoms with E-state index in [-0.39, 0.29) is 5.43 Å². The van der Waals surface area contributed by atoms with Gasteiger partial charge in [-0.3, -0.25) is 4.79 Å². The predicted octanol–water partition coefficient (Wildman–Crippen LogP) is 3.72. The van der Waals surface area contributed by atoms with Gasteiger partial charge in [-0.25, -0.2) is 0 Å². The van der Waals surface area contributed by atoms with Crippen molar-refractivity contribution in [3.63, 3.8) is 0 Å². The largest absolute Gasteiger partial charge is 0.288 e. The SMILES string of the molecule is Cc1ccc2c(=O)c3sccc3ccc2c1.